The molecule has 1 fully saturated rings. The van der Waals surface area contributed by atoms with Crippen molar-refractivity contribution in [1.82, 2.24) is 9.88 Å². The Hall–Kier alpha value is -2.92. The zero-order chi connectivity index (χ0) is 20.4. The molecule has 2 aromatic carbocycles. The monoisotopic (exact) mass is 390 g/mol. The molecule has 1 aliphatic heterocycles. The molecule has 5 nitrogen and oxygen atoms in total. The van der Waals surface area contributed by atoms with Gasteiger partial charge in [-0.1, -0.05) is 30.3 Å². The zero-order valence-corrected chi connectivity index (χ0v) is 17.1. The van der Waals surface area contributed by atoms with Crippen molar-refractivity contribution in [3.05, 3.63) is 60.2 Å². The fourth-order valence-electron chi connectivity index (χ4n) is 3.93. The minimum absolute atomic E-state index is 0.0211. The molecule has 5 heteroatoms. The number of fused-ring (bicyclic) bond motifs is 1. The lowest BCUT2D eigenvalue weighted by molar-refractivity contribution is -0.0585. The van der Waals surface area contributed by atoms with Crippen LogP contribution in [0.3, 0.4) is 0 Å². The van der Waals surface area contributed by atoms with Crippen LogP contribution in [-0.2, 0) is 4.74 Å². The first kappa shape index (κ1) is 19.4. The molecule has 1 aliphatic rings. The number of pyridine rings is 1. The molecule has 2 heterocycles. The third kappa shape index (κ3) is 4.10. The standard InChI is InChI=1S/C24H26N2O3/c1-4-28-19-9-7-8-18(12-19)23-13-21(20-10-5-6-11-22(20)25-23)24(27)26-14-16(2)29-17(3)15-26/h5-13,16-17H,4,14-15H2,1-3H3/t16-,17-/m0/s1. The van der Waals surface area contributed by atoms with Crippen LogP contribution in [0.5, 0.6) is 5.75 Å². The summed E-state index contributed by atoms with van der Waals surface area (Å²) in [4.78, 5) is 20.2. The van der Waals surface area contributed by atoms with Crippen molar-refractivity contribution in [1.29, 1.82) is 0 Å². The van der Waals surface area contributed by atoms with Crippen molar-refractivity contribution in [2.45, 2.75) is 33.0 Å². The van der Waals surface area contributed by atoms with Gasteiger partial charge in [0, 0.05) is 24.0 Å². The Labute approximate surface area is 171 Å². The lowest BCUT2D eigenvalue weighted by Gasteiger charge is -2.35. The highest BCUT2D eigenvalue weighted by molar-refractivity contribution is 6.07. The van der Waals surface area contributed by atoms with Crippen LogP contribution >= 0.6 is 0 Å². The van der Waals surface area contributed by atoms with Crippen LogP contribution in [0.15, 0.2) is 54.6 Å². The van der Waals surface area contributed by atoms with E-state index in [2.05, 4.69) is 0 Å². The molecule has 0 aliphatic carbocycles. The summed E-state index contributed by atoms with van der Waals surface area (Å²) in [6.07, 6.45) is 0.0521. The van der Waals surface area contributed by atoms with Crippen LogP contribution in [0.4, 0.5) is 0 Å². The number of para-hydroxylation sites is 1. The molecule has 1 aromatic heterocycles. The van der Waals surface area contributed by atoms with Crippen molar-refractivity contribution in [2.24, 2.45) is 0 Å². The lowest BCUT2D eigenvalue weighted by atomic mass is 10.0. The maximum atomic E-state index is 13.5. The van der Waals surface area contributed by atoms with Crippen LogP contribution < -0.4 is 4.74 Å². The molecule has 2 atom stereocenters. The summed E-state index contributed by atoms with van der Waals surface area (Å²) in [5, 5.41) is 0.869. The number of morpholine rings is 1. The average molecular weight is 390 g/mol. The lowest BCUT2D eigenvalue weighted by Crippen LogP contribution is -2.48. The number of amides is 1. The van der Waals surface area contributed by atoms with Gasteiger partial charge in [-0.15, -0.1) is 0 Å². The second-order valence-electron chi connectivity index (χ2n) is 7.50. The molecule has 29 heavy (non-hydrogen) atoms. The summed E-state index contributed by atoms with van der Waals surface area (Å²) in [5.74, 6) is 0.816. The second kappa shape index (κ2) is 8.21. The van der Waals surface area contributed by atoms with Crippen molar-refractivity contribution < 1.29 is 14.3 Å². The van der Waals surface area contributed by atoms with Crippen LogP contribution in [0, 0.1) is 0 Å². The van der Waals surface area contributed by atoms with Gasteiger partial charge in [-0.25, -0.2) is 4.98 Å². The Bertz CT molecular complexity index is 1020. The smallest absolute Gasteiger partial charge is 0.254 e. The molecule has 0 bridgehead atoms. The summed E-state index contributed by atoms with van der Waals surface area (Å²) in [6.45, 7) is 7.76. The van der Waals surface area contributed by atoms with E-state index in [-0.39, 0.29) is 18.1 Å². The Morgan fingerprint density at radius 2 is 1.86 bits per heavy atom. The van der Waals surface area contributed by atoms with E-state index < -0.39 is 0 Å². The number of ether oxygens (including phenoxy) is 2. The molecule has 0 radical (unpaired) electrons. The van der Waals surface area contributed by atoms with Crippen LogP contribution in [0.2, 0.25) is 0 Å². The van der Waals surface area contributed by atoms with Crippen LogP contribution in [0.25, 0.3) is 22.2 Å². The normalized spacial score (nSPS) is 19.3. The number of nitrogens with zero attached hydrogens (tertiary/aromatic N) is 2. The van der Waals surface area contributed by atoms with Gasteiger partial charge in [-0.3, -0.25) is 4.79 Å². The maximum Gasteiger partial charge on any atom is 0.254 e. The van der Waals surface area contributed by atoms with Gasteiger partial charge in [0.25, 0.3) is 5.91 Å². The molecule has 1 amide bonds. The van der Waals surface area contributed by atoms with Gasteiger partial charge in [0.15, 0.2) is 0 Å². The SMILES string of the molecule is CCOc1cccc(-c2cc(C(=O)N3C[C@H](C)O[C@@H](C)C3)c3ccccc3n2)c1. The highest BCUT2D eigenvalue weighted by Gasteiger charge is 2.28. The van der Waals surface area contributed by atoms with E-state index in [1.807, 2.05) is 80.3 Å². The van der Waals surface area contributed by atoms with E-state index in [1.165, 1.54) is 0 Å². The molecule has 0 unspecified atom stereocenters. The van der Waals surface area contributed by atoms with Gasteiger partial charge < -0.3 is 14.4 Å². The third-order valence-electron chi connectivity index (χ3n) is 5.09. The first-order chi connectivity index (χ1) is 14.0. The summed E-state index contributed by atoms with van der Waals surface area (Å²) < 4.78 is 11.4. The number of hydrogen-bond donors (Lipinski definition) is 0. The number of benzene rings is 2. The molecule has 150 valence electrons. The zero-order valence-electron chi connectivity index (χ0n) is 17.1. The van der Waals surface area contributed by atoms with Crippen molar-refractivity contribution in [3.63, 3.8) is 0 Å². The molecular weight excluding hydrogens is 364 g/mol. The Kier molecular flexibility index (Phi) is 5.49. The molecule has 4 rings (SSSR count). The largest absolute Gasteiger partial charge is 0.494 e. The molecule has 3 aromatic rings. The quantitative estimate of drug-likeness (QED) is 0.656. The van der Waals surface area contributed by atoms with Gasteiger partial charge in [-0.05, 0) is 45.0 Å². The van der Waals surface area contributed by atoms with E-state index in [4.69, 9.17) is 14.5 Å². The molecule has 1 saturated heterocycles. The highest BCUT2D eigenvalue weighted by Crippen LogP contribution is 2.28. The topological polar surface area (TPSA) is 51.7 Å². The van der Waals surface area contributed by atoms with Gasteiger partial charge in [0.05, 0.1) is 35.6 Å². The summed E-state index contributed by atoms with van der Waals surface area (Å²) in [5.41, 5.74) is 3.18. The van der Waals surface area contributed by atoms with Gasteiger partial charge in [0.1, 0.15) is 5.75 Å². The predicted octanol–water partition coefficient (Wildman–Crippen LogP) is 4.55. The molecular formula is C24H26N2O3. The van der Waals surface area contributed by atoms with Crippen LogP contribution in [0.1, 0.15) is 31.1 Å². The Balaban J connectivity index is 1.79. The van der Waals surface area contributed by atoms with Crippen molar-refractivity contribution in [3.8, 4) is 17.0 Å². The van der Waals surface area contributed by atoms with E-state index in [0.717, 1.165) is 27.9 Å². The molecule has 0 saturated carbocycles. The van der Waals surface area contributed by atoms with Crippen molar-refractivity contribution >= 4 is 16.8 Å². The highest BCUT2D eigenvalue weighted by atomic mass is 16.5. The number of carbonyl (C=O) groups is 1. The number of aromatic nitrogens is 1. The molecule has 0 N–H and O–H groups in total. The van der Waals surface area contributed by atoms with Gasteiger partial charge in [-0.2, -0.15) is 0 Å². The van der Waals surface area contributed by atoms with E-state index >= 15 is 0 Å². The van der Waals surface area contributed by atoms with E-state index in [0.29, 0.717) is 25.3 Å². The van der Waals surface area contributed by atoms with E-state index in [9.17, 15) is 4.79 Å². The first-order valence-corrected chi connectivity index (χ1v) is 10.1. The fraction of sp³-hybridized carbons (Fsp3) is 0.333. The number of rotatable bonds is 4. The number of carbonyl (C=O) groups excluding carboxylic acids is 1. The summed E-state index contributed by atoms with van der Waals surface area (Å²) in [6, 6.07) is 17.5. The second-order valence-corrected chi connectivity index (χ2v) is 7.50. The van der Waals surface area contributed by atoms with Crippen LogP contribution in [-0.4, -0.2) is 47.7 Å². The first-order valence-electron chi connectivity index (χ1n) is 10.1. The minimum atomic E-state index is 0.0211. The Morgan fingerprint density at radius 3 is 2.62 bits per heavy atom. The predicted molar refractivity (Wildman–Crippen MR) is 114 cm³/mol. The maximum absolute atomic E-state index is 13.5. The van der Waals surface area contributed by atoms with E-state index in [1.54, 1.807) is 0 Å². The minimum Gasteiger partial charge on any atom is -0.494 e. The van der Waals surface area contributed by atoms with Crippen molar-refractivity contribution in [2.75, 3.05) is 19.7 Å². The summed E-state index contributed by atoms with van der Waals surface area (Å²) in [7, 11) is 0. The third-order valence-corrected chi connectivity index (χ3v) is 5.09. The fourth-order valence-corrected chi connectivity index (χ4v) is 3.93. The molecule has 0 spiro atoms. The summed E-state index contributed by atoms with van der Waals surface area (Å²) >= 11 is 0. The number of hydrogen-bond acceptors (Lipinski definition) is 4. The van der Waals surface area contributed by atoms with Gasteiger partial charge >= 0.3 is 0 Å². The Morgan fingerprint density at radius 1 is 1.10 bits per heavy atom. The van der Waals surface area contributed by atoms with Gasteiger partial charge in [0.2, 0.25) is 0 Å². The average Bonchev–Trinajstić information content (AvgIpc) is 2.72.